The van der Waals surface area contributed by atoms with E-state index in [1.807, 2.05) is 12.1 Å². The molecule has 0 bridgehead atoms. The molecule has 1 aromatic rings. The first-order valence-electron chi connectivity index (χ1n) is 6.96. The lowest BCUT2D eigenvalue weighted by molar-refractivity contribution is -0.134. The number of pyridine rings is 1. The van der Waals surface area contributed by atoms with Gasteiger partial charge in [0.2, 0.25) is 5.91 Å². The van der Waals surface area contributed by atoms with Crippen molar-refractivity contribution < 1.29 is 14.3 Å². The first-order valence-corrected chi connectivity index (χ1v) is 6.96. The lowest BCUT2D eigenvalue weighted by Gasteiger charge is -2.32. The van der Waals surface area contributed by atoms with E-state index in [2.05, 4.69) is 10.3 Å². The van der Waals surface area contributed by atoms with Crippen molar-refractivity contribution in [1.29, 1.82) is 0 Å². The van der Waals surface area contributed by atoms with Gasteiger partial charge in [-0.15, -0.1) is 0 Å². The Bertz CT molecular complexity index is 480. The minimum absolute atomic E-state index is 0.0106. The van der Waals surface area contributed by atoms with Gasteiger partial charge in [-0.2, -0.15) is 0 Å². The normalized spacial score (nSPS) is 18.3. The largest absolute Gasteiger partial charge is 0.372 e. The van der Waals surface area contributed by atoms with Gasteiger partial charge in [-0.25, -0.2) is 4.79 Å². The molecule has 1 aromatic heterocycles. The molecule has 1 saturated heterocycles. The van der Waals surface area contributed by atoms with Crippen LogP contribution in [0, 0.1) is 0 Å². The van der Waals surface area contributed by atoms with Crippen LogP contribution in [0.25, 0.3) is 0 Å². The van der Waals surface area contributed by atoms with Crippen molar-refractivity contribution in [3.8, 4) is 0 Å². The van der Waals surface area contributed by atoms with Crippen molar-refractivity contribution >= 4 is 11.9 Å². The molecule has 7 nitrogen and oxygen atoms in total. The highest BCUT2D eigenvalue weighted by atomic mass is 16.5. The number of carbonyl (C=O) groups excluding carboxylic acids is 2. The fourth-order valence-corrected chi connectivity index (χ4v) is 2.27. The summed E-state index contributed by atoms with van der Waals surface area (Å²) in [7, 11) is 0. The number of amides is 3. The first kappa shape index (κ1) is 15.2. The Morgan fingerprint density at radius 1 is 1.52 bits per heavy atom. The lowest BCUT2D eigenvalue weighted by atomic mass is 10.1. The van der Waals surface area contributed by atoms with Crippen LogP contribution < -0.4 is 11.1 Å². The molecule has 0 saturated carbocycles. The third-order valence-electron chi connectivity index (χ3n) is 3.35. The molecule has 2 rings (SSSR count). The topological polar surface area (TPSA) is 97.5 Å². The number of nitrogens with one attached hydrogen (secondary N) is 1. The van der Waals surface area contributed by atoms with Crippen molar-refractivity contribution in [3.63, 3.8) is 0 Å². The number of likely N-dealkylation sites (tertiary alicyclic amines) is 1. The van der Waals surface area contributed by atoms with Crippen LogP contribution in [0.15, 0.2) is 24.5 Å². The van der Waals surface area contributed by atoms with Crippen molar-refractivity contribution in [2.75, 3.05) is 19.6 Å². The van der Waals surface area contributed by atoms with E-state index in [0.717, 1.165) is 18.4 Å². The summed E-state index contributed by atoms with van der Waals surface area (Å²) < 4.78 is 5.83. The van der Waals surface area contributed by atoms with Crippen LogP contribution in [0.1, 0.15) is 18.4 Å². The van der Waals surface area contributed by atoms with Crippen LogP contribution in [0.4, 0.5) is 4.79 Å². The zero-order valence-corrected chi connectivity index (χ0v) is 11.8. The van der Waals surface area contributed by atoms with E-state index in [-0.39, 0.29) is 18.6 Å². The number of hydrogen-bond acceptors (Lipinski definition) is 4. The van der Waals surface area contributed by atoms with Gasteiger partial charge in [-0.1, -0.05) is 6.07 Å². The molecule has 7 heteroatoms. The number of nitrogens with two attached hydrogens (primary N) is 1. The fourth-order valence-electron chi connectivity index (χ4n) is 2.27. The summed E-state index contributed by atoms with van der Waals surface area (Å²) in [6.45, 7) is 1.65. The molecule has 0 aliphatic carbocycles. The maximum Gasteiger partial charge on any atom is 0.312 e. The molecule has 114 valence electrons. The van der Waals surface area contributed by atoms with Crippen molar-refractivity contribution in [1.82, 2.24) is 15.2 Å². The predicted octanol–water partition coefficient (Wildman–Crippen LogP) is 0.258. The molecule has 0 aromatic carbocycles. The van der Waals surface area contributed by atoms with Crippen molar-refractivity contribution in [2.45, 2.75) is 25.6 Å². The Morgan fingerprint density at radius 2 is 2.38 bits per heavy atom. The Labute approximate surface area is 123 Å². The standard InChI is InChI=1S/C14H20N4O3/c15-14(20)17-8-13(19)18-6-2-4-12(9-18)21-10-11-3-1-5-16-7-11/h1,3,5,7,12H,2,4,6,8-10H2,(H3,15,17,20)/t12-/m1/s1. The summed E-state index contributed by atoms with van der Waals surface area (Å²) in [6, 6.07) is 3.13. The second-order valence-corrected chi connectivity index (χ2v) is 4.99. The molecule has 3 N–H and O–H groups in total. The van der Waals surface area contributed by atoms with Crippen LogP contribution >= 0.6 is 0 Å². The summed E-state index contributed by atoms with van der Waals surface area (Å²) in [5, 5.41) is 2.31. The Balaban J connectivity index is 1.77. The molecule has 3 amide bonds. The van der Waals surface area contributed by atoms with E-state index in [0.29, 0.717) is 19.7 Å². The molecule has 0 spiro atoms. The zero-order chi connectivity index (χ0) is 15.1. The SMILES string of the molecule is NC(=O)NCC(=O)N1CCC[C@@H](OCc2cccnc2)C1. The Kier molecular flexibility index (Phi) is 5.51. The van der Waals surface area contributed by atoms with Crippen LogP contribution in [0.2, 0.25) is 0 Å². The Morgan fingerprint density at radius 3 is 3.10 bits per heavy atom. The molecule has 1 atom stereocenters. The molecule has 0 radical (unpaired) electrons. The average Bonchev–Trinajstić information content (AvgIpc) is 2.52. The minimum atomic E-state index is -0.690. The van der Waals surface area contributed by atoms with Crippen molar-refractivity contribution in [3.05, 3.63) is 30.1 Å². The maximum absolute atomic E-state index is 11.9. The van der Waals surface area contributed by atoms with E-state index in [1.165, 1.54) is 0 Å². The number of carbonyl (C=O) groups is 2. The summed E-state index contributed by atoms with van der Waals surface area (Å²) in [5.41, 5.74) is 5.97. The van der Waals surface area contributed by atoms with Crippen LogP contribution in [-0.2, 0) is 16.1 Å². The number of piperidine rings is 1. The highest BCUT2D eigenvalue weighted by Crippen LogP contribution is 2.15. The van der Waals surface area contributed by atoms with Crippen molar-refractivity contribution in [2.24, 2.45) is 5.73 Å². The molecular formula is C14H20N4O3. The third kappa shape index (κ3) is 5.03. The molecule has 1 aliphatic rings. The molecular weight excluding hydrogens is 272 g/mol. The second kappa shape index (κ2) is 7.58. The molecule has 1 fully saturated rings. The number of aromatic nitrogens is 1. The minimum Gasteiger partial charge on any atom is -0.372 e. The predicted molar refractivity (Wildman–Crippen MR) is 76.2 cm³/mol. The molecule has 0 unspecified atom stereocenters. The quantitative estimate of drug-likeness (QED) is 0.813. The van der Waals surface area contributed by atoms with Crippen LogP contribution in [-0.4, -0.2) is 47.6 Å². The van der Waals surface area contributed by atoms with Gasteiger partial charge < -0.3 is 20.7 Å². The second-order valence-electron chi connectivity index (χ2n) is 4.99. The van der Waals surface area contributed by atoms with Gasteiger partial charge in [0.05, 0.1) is 19.3 Å². The summed E-state index contributed by atoms with van der Waals surface area (Å²) in [6.07, 6.45) is 5.31. The van der Waals surface area contributed by atoms with Crippen LogP contribution in [0.5, 0.6) is 0 Å². The Hall–Kier alpha value is -2.15. The van der Waals surface area contributed by atoms with Gasteiger partial charge in [-0.3, -0.25) is 9.78 Å². The summed E-state index contributed by atoms with van der Waals surface area (Å²) in [5.74, 6) is -0.136. The van der Waals surface area contributed by atoms with Gasteiger partial charge in [0, 0.05) is 25.5 Å². The summed E-state index contributed by atoms with van der Waals surface area (Å²) in [4.78, 5) is 28.3. The zero-order valence-electron chi connectivity index (χ0n) is 11.8. The number of primary amides is 1. The number of rotatable bonds is 5. The fraction of sp³-hybridized carbons (Fsp3) is 0.500. The van der Waals surface area contributed by atoms with Crippen LogP contribution in [0.3, 0.4) is 0 Å². The van der Waals surface area contributed by atoms with Gasteiger partial charge in [0.25, 0.3) is 0 Å². The van der Waals surface area contributed by atoms with Gasteiger partial charge in [-0.05, 0) is 24.5 Å². The van der Waals surface area contributed by atoms with Gasteiger partial charge in [0.15, 0.2) is 0 Å². The van der Waals surface area contributed by atoms with E-state index in [1.54, 1.807) is 17.3 Å². The molecule has 21 heavy (non-hydrogen) atoms. The lowest BCUT2D eigenvalue weighted by Crippen LogP contribution is -2.47. The highest BCUT2D eigenvalue weighted by molar-refractivity contribution is 5.83. The number of ether oxygens (including phenoxy) is 1. The van der Waals surface area contributed by atoms with Gasteiger partial charge in [0.1, 0.15) is 0 Å². The summed E-state index contributed by atoms with van der Waals surface area (Å²) >= 11 is 0. The van der Waals surface area contributed by atoms with E-state index < -0.39 is 6.03 Å². The monoisotopic (exact) mass is 292 g/mol. The first-order chi connectivity index (χ1) is 10.1. The van der Waals surface area contributed by atoms with E-state index in [4.69, 9.17) is 10.5 Å². The maximum atomic E-state index is 11.9. The van der Waals surface area contributed by atoms with E-state index >= 15 is 0 Å². The number of nitrogens with zero attached hydrogens (tertiary/aromatic N) is 2. The van der Waals surface area contributed by atoms with E-state index in [9.17, 15) is 9.59 Å². The molecule has 2 heterocycles. The number of urea groups is 1. The number of hydrogen-bond donors (Lipinski definition) is 2. The molecule has 1 aliphatic heterocycles. The highest BCUT2D eigenvalue weighted by Gasteiger charge is 2.24. The smallest absolute Gasteiger partial charge is 0.312 e. The third-order valence-corrected chi connectivity index (χ3v) is 3.35. The van der Waals surface area contributed by atoms with Gasteiger partial charge >= 0.3 is 6.03 Å². The average molecular weight is 292 g/mol.